The van der Waals surface area contributed by atoms with Gasteiger partial charge in [0.25, 0.3) is 10.0 Å². The first kappa shape index (κ1) is 27.2. The van der Waals surface area contributed by atoms with E-state index in [0.717, 1.165) is 35.1 Å². The average Bonchev–Trinajstić information content (AvgIpc) is 2.89. The number of carbonyl (C=O) groups excluding carboxylic acids is 1. The lowest BCUT2D eigenvalue weighted by atomic mass is 10.1. The zero-order valence-electron chi connectivity index (χ0n) is 21.4. The largest absolute Gasteiger partial charge is 0.350 e. The fourth-order valence-electron chi connectivity index (χ4n) is 4.60. The number of anilines is 1. The molecule has 1 saturated heterocycles. The van der Waals surface area contributed by atoms with Gasteiger partial charge in [-0.1, -0.05) is 66.0 Å². The summed E-state index contributed by atoms with van der Waals surface area (Å²) in [7, 11) is -4.00. The maximum absolute atomic E-state index is 13.6. The van der Waals surface area contributed by atoms with Gasteiger partial charge in [0.15, 0.2) is 0 Å². The number of amides is 1. The first-order valence-corrected chi connectivity index (χ1v) is 14.5. The maximum Gasteiger partial charge on any atom is 0.264 e. The number of benzene rings is 3. The molecule has 37 heavy (non-hydrogen) atoms. The fraction of sp³-hybridized carbons (Fsp3) is 0.345. The topological polar surface area (TPSA) is 69.7 Å². The molecule has 8 heteroatoms. The van der Waals surface area contributed by atoms with Crippen molar-refractivity contribution < 1.29 is 13.2 Å². The van der Waals surface area contributed by atoms with Crippen LogP contribution in [0.25, 0.3) is 0 Å². The molecule has 0 aromatic heterocycles. The average molecular weight is 540 g/mol. The second-order valence-electron chi connectivity index (χ2n) is 9.64. The van der Waals surface area contributed by atoms with Crippen LogP contribution in [0, 0.1) is 13.8 Å². The highest BCUT2D eigenvalue weighted by molar-refractivity contribution is 7.92. The minimum atomic E-state index is -4.00. The Morgan fingerprint density at radius 2 is 1.62 bits per heavy atom. The number of aryl methyl sites for hydroxylation is 1. The van der Waals surface area contributed by atoms with Crippen molar-refractivity contribution in [3.05, 3.63) is 94.0 Å². The van der Waals surface area contributed by atoms with Gasteiger partial charge in [-0.05, 0) is 80.7 Å². The quantitative estimate of drug-likeness (QED) is 0.392. The van der Waals surface area contributed by atoms with E-state index in [1.807, 2.05) is 19.1 Å². The van der Waals surface area contributed by atoms with E-state index < -0.39 is 15.9 Å². The number of halogens is 1. The van der Waals surface area contributed by atoms with Crippen LogP contribution >= 0.6 is 11.6 Å². The van der Waals surface area contributed by atoms with Crippen LogP contribution in [0.2, 0.25) is 5.02 Å². The molecule has 1 amide bonds. The molecule has 0 spiro atoms. The molecule has 0 saturated carbocycles. The van der Waals surface area contributed by atoms with E-state index in [4.69, 9.17) is 11.6 Å². The van der Waals surface area contributed by atoms with Gasteiger partial charge in [-0.25, -0.2) is 8.42 Å². The summed E-state index contributed by atoms with van der Waals surface area (Å²) in [6.45, 7) is 6.75. The zero-order chi connectivity index (χ0) is 26.4. The number of likely N-dealkylation sites (tertiary alicyclic amines) is 1. The number of carbonyl (C=O) groups is 1. The summed E-state index contributed by atoms with van der Waals surface area (Å²) in [6.07, 6.45) is 3.78. The number of sulfonamides is 1. The summed E-state index contributed by atoms with van der Waals surface area (Å²) in [5.74, 6) is -0.392. The predicted octanol–water partition coefficient (Wildman–Crippen LogP) is 5.45. The second-order valence-corrected chi connectivity index (χ2v) is 11.9. The minimum absolute atomic E-state index is 0.121. The fourth-order valence-corrected chi connectivity index (χ4v) is 6.25. The van der Waals surface area contributed by atoms with Gasteiger partial charge >= 0.3 is 0 Å². The molecule has 3 aromatic carbocycles. The second kappa shape index (κ2) is 12.1. The SMILES string of the molecule is Cc1ccc(S(=O)(=O)N(CC(=O)NCc2cccc(CN3CCCCC3)c2)c2cccc(Cl)c2C)cc1. The van der Waals surface area contributed by atoms with Crippen LogP contribution in [-0.2, 0) is 27.9 Å². The summed E-state index contributed by atoms with van der Waals surface area (Å²) in [5, 5.41) is 3.34. The van der Waals surface area contributed by atoms with E-state index in [2.05, 4.69) is 22.3 Å². The third-order valence-electron chi connectivity index (χ3n) is 6.74. The molecule has 1 N–H and O–H groups in total. The summed E-state index contributed by atoms with van der Waals surface area (Å²) in [4.78, 5) is 15.7. The van der Waals surface area contributed by atoms with Gasteiger partial charge in [0.2, 0.25) is 5.91 Å². The summed E-state index contributed by atoms with van der Waals surface area (Å²) in [6, 6.07) is 19.9. The van der Waals surface area contributed by atoms with Crippen LogP contribution in [0.4, 0.5) is 5.69 Å². The van der Waals surface area contributed by atoms with E-state index >= 15 is 0 Å². The van der Waals surface area contributed by atoms with Gasteiger partial charge < -0.3 is 5.32 Å². The van der Waals surface area contributed by atoms with E-state index in [9.17, 15) is 13.2 Å². The van der Waals surface area contributed by atoms with Crippen LogP contribution < -0.4 is 9.62 Å². The number of hydrogen-bond donors (Lipinski definition) is 1. The highest BCUT2D eigenvalue weighted by Crippen LogP contribution is 2.31. The van der Waals surface area contributed by atoms with Gasteiger partial charge in [-0.3, -0.25) is 14.0 Å². The Morgan fingerprint density at radius 3 is 2.35 bits per heavy atom. The van der Waals surface area contributed by atoms with Crippen molar-refractivity contribution in [3.63, 3.8) is 0 Å². The summed E-state index contributed by atoms with van der Waals surface area (Å²) >= 11 is 6.31. The monoisotopic (exact) mass is 539 g/mol. The third-order valence-corrected chi connectivity index (χ3v) is 8.92. The van der Waals surface area contributed by atoms with Crippen LogP contribution in [-0.4, -0.2) is 38.9 Å². The molecular formula is C29H34ClN3O3S. The van der Waals surface area contributed by atoms with Crippen LogP contribution in [0.5, 0.6) is 0 Å². The normalized spacial score (nSPS) is 14.4. The molecule has 0 atom stereocenters. The van der Waals surface area contributed by atoms with Crippen molar-refractivity contribution in [3.8, 4) is 0 Å². The molecule has 0 bridgehead atoms. The van der Waals surface area contributed by atoms with Crippen LogP contribution in [0.3, 0.4) is 0 Å². The Balaban J connectivity index is 1.50. The lowest BCUT2D eigenvalue weighted by Crippen LogP contribution is -2.41. The van der Waals surface area contributed by atoms with Gasteiger partial charge in [0.05, 0.1) is 10.6 Å². The highest BCUT2D eigenvalue weighted by atomic mass is 35.5. The number of hydrogen-bond acceptors (Lipinski definition) is 4. The van der Waals surface area contributed by atoms with Crippen LogP contribution in [0.1, 0.15) is 41.5 Å². The molecule has 4 rings (SSSR count). The maximum atomic E-state index is 13.6. The van der Waals surface area contributed by atoms with E-state index in [1.54, 1.807) is 49.4 Å². The molecule has 196 valence electrons. The Morgan fingerprint density at radius 1 is 0.946 bits per heavy atom. The standard InChI is InChI=1S/C29H34ClN3O3S/c1-22-12-14-26(15-13-22)37(35,36)33(28-11-7-10-27(30)23(28)2)21-29(34)31-19-24-8-6-9-25(18-24)20-32-16-4-3-5-17-32/h6-15,18H,3-5,16-17,19-21H2,1-2H3,(H,31,34). The first-order chi connectivity index (χ1) is 17.7. The lowest BCUT2D eigenvalue weighted by Gasteiger charge is -2.26. The molecule has 1 fully saturated rings. The van der Waals surface area contributed by atoms with E-state index in [1.165, 1.54) is 24.8 Å². The summed E-state index contributed by atoms with van der Waals surface area (Å²) < 4.78 is 28.4. The molecule has 1 aliphatic rings. The minimum Gasteiger partial charge on any atom is -0.350 e. The molecule has 0 aliphatic carbocycles. The van der Waals surface area contributed by atoms with Crippen molar-refractivity contribution in [2.45, 2.75) is 51.1 Å². The smallest absolute Gasteiger partial charge is 0.264 e. The van der Waals surface area contributed by atoms with E-state index in [-0.39, 0.29) is 11.4 Å². The molecule has 1 aliphatic heterocycles. The highest BCUT2D eigenvalue weighted by Gasteiger charge is 2.28. The third kappa shape index (κ3) is 6.92. The summed E-state index contributed by atoms with van der Waals surface area (Å²) in [5.41, 5.74) is 4.12. The first-order valence-electron chi connectivity index (χ1n) is 12.7. The molecule has 0 radical (unpaired) electrons. The molecule has 1 heterocycles. The molecular weight excluding hydrogens is 506 g/mol. The molecule has 0 unspecified atom stereocenters. The molecule has 6 nitrogen and oxygen atoms in total. The van der Waals surface area contributed by atoms with Crippen molar-refractivity contribution in [2.24, 2.45) is 0 Å². The van der Waals surface area contributed by atoms with Crippen LogP contribution in [0.15, 0.2) is 71.6 Å². The van der Waals surface area contributed by atoms with Gasteiger partial charge in [-0.15, -0.1) is 0 Å². The number of rotatable bonds is 9. The zero-order valence-corrected chi connectivity index (χ0v) is 23.0. The van der Waals surface area contributed by atoms with Crippen molar-refractivity contribution in [1.29, 1.82) is 0 Å². The Labute approximate surface area is 225 Å². The predicted molar refractivity (Wildman–Crippen MR) is 149 cm³/mol. The lowest BCUT2D eigenvalue weighted by molar-refractivity contribution is -0.119. The van der Waals surface area contributed by atoms with Crippen molar-refractivity contribution in [2.75, 3.05) is 23.9 Å². The Kier molecular flexibility index (Phi) is 8.90. The van der Waals surface area contributed by atoms with E-state index in [0.29, 0.717) is 22.8 Å². The number of nitrogens with one attached hydrogen (secondary N) is 1. The van der Waals surface area contributed by atoms with Gasteiger partial charge in [0, 0.05) is 18.1 Å². The Bertz CT molecular complexity index is 1340. The van der Waals surface area contributed by atoms with Crippen molar-refractivity contribution >= 4 is 33.2 Å². The molecule has 3 aromatic rings. The number of piperidine rings is 1. The van der Waals surface area contributed by atoms with Gasteiger partial charge in [-0.2, -0.15) is 0 Å². The number of nitrogens with zero attached hydrogens (tertiary/aromatic N) is 2. The van der Waals surface area contributed by atoms with Crippen molar-refractivity contribution in [1.82, 2.24) is 10.2 Å². The van der Waals surface area contributed by atoms with Gasteiger partial charge in [0.1, 0.15) is 6.54 Å². The Hall–Kier alpha value is -2.87.